The van der Waals surface area contributed by atoms with Crippen LogP contribution in [0.1, 0.15) is 6.92 Å². The number of ether oxygens (including phenoxy) is 3. The van der Waals surface area contributed by atoms with Gasteiger partial charge in [-0.15, -0.1) is 0 Å². The Morgan fingerprint density at radius 1 is 0.962 bits per heavy atom. The molecule has 2 rings (SSSR count). The first-order valence-corrected chi connectivity index (χ1v) is 14.2. The van der Waals surface area contributed by atoms with Gasteiger partial charge in [0.05, 0.1) is 39.2 Å². The number of rotatable bonds is 5. The molecule has 0 aromatic heterocycles. The molecule has 9 nitrogen and oxygen atoms in total. The Balaban J connectivity index is 0. The average molecular weight is 483 g/mol. The number of hydrogen-bond acceptors (Lipinski definition) is 7. The number of nitrogens with zero attached hydrogens (tertiary/aromatic N) is 2. The second kappa shape index (κ2) is 22.6. The van der Waals surface area contributed by atoms with Crippen LogP contribution in [0.15, 0.2) is 0 Å². The van der Waals surface area contributed by atoms with Crippen molar-refractivity contribution in [3.05, 3.63) is 0 Å². The summed E-state index contributed by atoms with van der Waals surface area (Å²) in [4.78, 5) is 26.0. The van der Waals surface area contributed by atoms with E-state index < -0.39 is 0 Å². The van der Waals surface area contributed by atoms with Crippen molar-refractivity contribution in [1.82, 2.24) is 9.80 Å². The molecule has 0 amide bonds. The Hall–Kier alpha value is -0.461. The summed E-state index contributed by atoms with van der Waals surface area (Å²) in [6, 6.07) is 0. The summed E-state index contributed by atoms with van der Waals surface area (Å²) in [5.74, 6) is 0. The van der Waals surface area contributed by atoms with Gasteiger partial charge in [0.15, 0.2) is 0 Å². The number of aliphatic hydroxyl groups excluding tert-OH is 2. The van der Waals surface area contributed by atoms with Crippen molar-refractivity contribution in [2.75, 3.05) is 65.8 Å². The normalized spacial score (nSPS) is 17.2. The second-order valence-corrected chi connectivity index (χ2v) is 7.97. The molecule has 0 atom stereocenters. The first kappa shape index (κ1) is 27.8. The fourth-order valence-electron chi connectivity index (χ4n) is 2.42. The Morgan fingerprint density at radius 3 is 1.54 bits per heavy atom. The standard InChI is InChI=1S/C12H24N2O3.2CHO2.2CH3.Sn/c1-2-15-11-12(13-3-7-16-8-4-13)14-5-9-17-10-6-14;2*2-1-3;;;/h12H,2-11H2,1H3;2*(H,2,3);2*1H3;/q;2*-1;;;+2. The molecule has 26 heavy (non-hydrogen) atoms. The van der Waals surface area contributed by atoms with Gasteiger partial charge < -0.3 is 34.0 Å². The predicted octanol–water partition coefficient (Wildman–Crippen LogP) is 0.0234. The van der Waals surface area contributed by atoms with Gasteiger partial charge in [-0.3, -0.25) is 9.80 Å². The van der Waals surface area contributed by atoms with Gasteiger partial charge >= 0.3 is 31.0 Å². The number of morpholine rings is 2. The van der Waals surface area contributed by atoms with Crippen LogP contribution in [0.3, 0.4) is 0 Å². The van der Waals surface area contributed by atoms with Crippen molar-refractivity contribution in [2.24, 2.45) is 0 Å². The molecule has 0 unspecified atom stereocenters. The van der Waals surface area contributed by atoms with E-state index in [-0.39, 0.29) is 21.1 Å². The first-order chi connectivity index (χ1) is 12.7. The Labute approximate surface area is 166 Å². The Bertz CT molecular complexity index is 278. The van der Waals surface area contributed by atoms with E-state index in [9.17, 15) is 0 Å². The van der Waals surface area contributed by atoms with Crippen LogP contribution in [-0.4, -0.2) is 126 Å². The molecule has 2 aliphatic rings. The van der Waals surface area contributed by atoms with Crippen molar-refractivity contribution in [3.63, 3.8) is 0 Å². The molecule has 0 aliphatic carbocycles. The molecule has 0 aromatic rings. The quantitative estimate of drug-likeness (QED) is 0.414. The summed E-state index contributed by atoms with van der Waals surface area (Å²) in [6.07, 6.45) is 0.391. The Morgan fingerprint density at radius 2 is 1.27 bits per heavy atom. The topological polar surface area (TPSA) is 109 Å². The van der Waals surface area contributed by atoms with Gasteiger partial charge in [-0.2, -0.15) is 0 Å². The van der Waals surface area contributed by atoms with Crippen molar-refractivity contribution in [2.45, 2.75) is 23.0 Å². The van der Waals surface area contributed by atoms with E-state index in [0.29, 0.717) is 19.1 Å². The molecule has 2 aliphatic heterocycles. The molecule has 0 bridgehead atoms. The van der Waals surface area contributed by atoms with Crippen LogP contribution >= 0.6 is 0 Å². The van der Waals surface area contributed by atoms with Gasteiger partial charge in [-0.25, -0.2) is 0 Å². The van der Waals surface area contributed by atoms with Gasteiger partial charge in [0.25, 0.3) is 0 Å². The predicted molar refractivity (Wildman–Crippen MR) is 99.2 cm³/mol. The zero-order valence-electron chi connectivity index (χ0n) is 16.0. The van der Waals surface area contributed by atoms with Crippen molar-refractivity contribution in [1.29, 1.82) is 0 Å². The SMILES string of the molecule is CCOCC(N1CCOCC1)N1CCOCC1.O=[C-]O.O=[C-]O.[CH3][Sn+2][CH3]. The van der Waals surface area contributed by atoms with Crippen LogP contribution in [0.4, 0.5) is 0 Å². The third-order valence-electron chi connectivity index (χ3n) is 3.41. The third kappa shape index (κ3) is 15.8. The maximum atomic E-state index is 8.24. The van der Waals surface area contributed by atoms with E-state index in [2.05, 4.69) is 26.6 Å². The van der Waals surface area contributed by atoms with Crippen LogP contribution in [0.25, 0.3) is 0 Å². The zero-order valence-corrected chi connectivity index (χ0v) is 18.8. The van der Waals surface area contributed by atoms with Crippen molar-refractivity contribution >= 4 is 34.1 Å². The maximum absolute atomic E-state index is 8.24. The summed E-state index contributed by atoms with van der Waals surface area (Å²) >= 11 is 0.230. The van der Waals surface area contributed by atoms with E-state index in [0.717, 1.165) is 65.8 Å². The molecular weight excluding hydrogens is 451 g/mol. The van der Waals surface area contributed by atoms with Crippen LogP contribution < -0.4 is 0 Å². The molecule has 0 radical (unpaired) electrons. The van der Waals surface area contributed by atoms with Crippen LogP contribution in [0.2, 0.25) is 9.88 Å². The van der Waals surface area contributed by atoms with Crippen LogP contribution in [0.5, 0.6) is 0 Å². The Kier molecular flexibility index (Phi) is 24.1. The fourth-order valence-corrected chi connectivity index (χ4v) is 2.42. The van der Waals surface area contributed by atoms with E-state index in [1.807, 2.05) is 0 Å². The summed E-state index contributed by atoms with van der Waals surface area (Å²) < 4.78 is 16.5. The molecule has 0 spiro atoms. The summed E-state index contributed by atoms with van der Waals surface area (Å²) in [5.41, 5.74) is 0. The van der Waals surface area contributed by atoms with E-state index in [4.69, 9.17) is 34.0 Å². The molecule has 2 N–H and O–H groups in total. The van der Waals surface area contributed by atoms with Crippen LogP contribution in [-0.2, 0) is 23.8 Å². The number of hydrogen-bond donors (Lipinski definition) is 2. The molecule has 0 saturated carbocycles. The van der Waals surface area contributed by atoms with Gasteiger partial charge in [0.1, 0.15) is 0 Å². The summed E-state index contributed by atoms with van der Waals surface area (Å²) in [6.45, 7) is 12.0. The van der Waals surface area contributed by atoms with Gasteiger partial charge in [-0.1, -0.05) is 12.9 Å². The molecule has 2 fully saturated rings. The summed E-state index contributed by atoms with van der Waals surface area (Å²) in [5, 5.41) is 13.5. The summed E-state index contributed by atoms with van der Waals surface area (Å²) in [7, 11) is 0. The van der Waals surface area contributed by atoms with Gasteiger partial charge in [0, 0.05) is 32.8 Å². The average Bonchev–Trinajstić information content (AvgIpc) is 2.66. The molecule has 0 aromatic carbocycles. The van der Waals surface area contributed by atoms with E-state index >= 15 is 0 Å². The third-order valence-corrected chi connectivity index (χ3v) is 3.41. The van der Waals surface area contributed by atoms with Crippen LogP contribution in [0, 0.1) is 0 Å². The van der Waals surface area contributed by atoms with Gasteiger partial charge in [0.2, 0.25) is 0 Å². The molecule has 152 valence electrons. The second-order valence-electron chi connectivity index (χ2n) is 5.12. The zero-order chi connectivity index (χ0) is 20.0. The molecule has 2 heterocycles. The minimum atomic E-state index is 0.230. The molecule has 10 heteroatoms. The van der Waals surface area contributed by atoms with Crippen molar-refractivity contribution in [3.8, 4) is 0 Å². The van der Waals surface area contributed by atoms with E-state index in [1.54, 1.807) is 0 Å². The fraction of sp³-hybridized carbons (Fsp3) is 0.875. The molecular formula is C16H32N2O7Sn. The van der Waals surface area contributed by atoms with Crippen molar-refractivity contribution < 1.29 is 34.0 Å². The minimum absolute atomic E-state index is 0.230. The molecule has 2 saturated heterocycles. The monoisotopic (exact) mass is 484 g/mol. The van der Waals surface area contributed by atoms with E-state index in [1.165, 1.54) is 0 Å². The first-order valence-electron chi connectivity index (χ1n) is 8.48. The van der Waals surface area contributed by atoms with Gasteiger partial charge in [-0.05, 0) is 6.92 Å².